The van der Waals surface area contributed by atoms with E-state index in [9.17, 15) is 13.2 Å². The largest absolute Gasteiger partial charge is 0.354 e. The minimum absolute atomic E-state index is 0. The molecular formula is C18H31ClN2O3S. The smallest absolute Gasteiger partial charge is 0.241 e. The van der Waals surface area contributed by atoms with Crippen molar-refractivity contribution in [2.45, 2.75) is 56.1 Å². The van der Waals surface area contributed by atoms with Gasteiger partial charge >= 0.3 is 0 Å². The Kier molecular flexibility index (Phi) is 5.19. The molecule has 0 radical (unpaired) electrons. The van der Waals surface area contributed by atoms with E-state index in [2.05, 4.69) is 10.6 Å². The first kappa shape index (κ1) is 19.4. The molecule has 4 aliphatic carbocycles. The summed E-state index contributed by atoms with van der Waals surface area (Å²) in [7, 11) is -3.42. The number of rotatable bonds is 4. The molecule has 7 heteroatoms. The fraction of sp³-hybridized carbons (Fsp3) is 0.944. The average molecular weight is 391 g/mol. The van der Waals surface area contributed by atoms with Crippen LogP contribution in [0.2, 0.25) is 0 Å². The number of carbonyl (C=O) groups is 1. The number of piperidine rings is 1. The fourth-order valence-corrected chi connectivity index (χ4v) is 7.89. The molecule has 5 rings (SSSR count). The van der Waals surface area contributed by atoms with Gasteiger partial charge in [-0.1, -0.05) is 0 Å². The Labute approximate surface area is 157 Å². The molecule has 5 fully saturated rings. The predicted molar refractivity (Wildman–Crippen MR) is 101 cm³/mol. The third-order valence-corrected chi connectivity index (χ3v) is 9.34. The Morgan fingerprint density at radius 1 is 1.04 bits per heavy atom. The number of amides is 1. The molecule has 4 saturated carbocycles. The second-order valence-electron chi connectivity index (χ2n) is 9.12. The number of carbonyl (C=O) groups excluding carboxylic acids is 1. The monoisotopic (exact) mass is 390 g/mol. The van der Waals surface area contributed by atoms with Gasteiger partial charge in [0.15, 0.2) is 14.6 Å². The van der Waals surface area contributed by atoms with Crippen LogP contribution in [0.15, 0.2) is 0 Å². The van der Waals surface area contributed by atoms with E-state index in [1.165, 1.54) is 44.8 Å². The van der Waals surface area contributed by atoms with Crippen LogP contribution in [0, 0.1) is 23.2 Å². The van der Waals surface area contributed by atoms with Crippen molar-refractivity contribution < 1.29 is 13.2 Å². The summed E-state index contributed by atoms with van der Waals surface area (Å²) in [5.74, 6) is 2.28. The van der Waals surface area contributed by atoms with Gasteiger partial charge in [-0.25, -0.2) is 8.42 Å². The molecule has 0 aromatic rings. The van der Waals surface area contributed by atoms with Gasteiger partial charge in [-0.15, -0.1) is 12.4 Å². The molecule has 2 N–H and O–H groups in total. The lowest BCUT2D eigenvalue weighted by molar-refractivity contribution is -0.126. The van der Waals surface area contributed by atoms with Crippen LogP contribution >= 0.6 is 12.4 Å². The van der Waals surface area contributed by atoms with Crippen LogP contribution in [0.5, 0.6) is 0 Å². The molecule has 1 heterocycles. The van der Waals surface area contributed by atoms with Gasteiger partial charge in [0.05, 0.1) is 0 Å². The summed E-state index contributed by atoms with van der Waals surface area (Å²) in [5, 5.41) is 6.28. The van der Waals surface area contributed by atoms with Crippen molar-refractivity contribution >= 4 is 28.2 Å². The zero-order valence-electron chi connectivity index (χ0n) is 15.1. The summed E-state index contributed by atoms with van der Waals surface area (Å²) in [4.78, 5) is 12.9. The van der Waals surface area contributed by atoms with E-state index in [0.29, 0.717) is 32.5 Å². The fourth-order valence-electron chi connectivity index (χ4n) is 6.53. The predicted octanol–water partition coefficient (Wildman–Crippen LogP) is 1.91. The number of sulfone groups is 1. The van der Waals surface area contributed by atoms with E-state index in [4.69, 9.17) is 0 Å². The van der Waals surface area contributed by atoms with Crippen molar-refractivity contribution in [1.82, 2.24) is 10.6 Å². The highest BCUT2D eigenvalue weighted by Gasteiger charge is 2.53. The molecule has 1 aliphatic heterocycles. The Hall–Kier alpha value is -0.330. The highest BCUT2D eigenvalue weighted by Crippen LogP contribution is 2.59. The van der Waals surface area contributed by atoms with Gasteiger partial charge in [-0.05, 0) is 87.6 Å². The molecule has 1 amide bonds. The van der Waals surface area contributed by atoms with Gasteiger partial charge in [0.2, 0.25) is 5.91 Å². The summed E-state index contributed by atoms with van der Waals surface area (Å²) in [5.41, 5.74) is 0.246. The average Bonchev–Trinajstić information content (AvgIpc) is 2.51. The molecule has 25 heavy (non-hydrogen) atoms. The molecule has 4 bridgehead atoms. The minimum atomic E-state index is -3.42. The molecule has 144 valence electrons. The van der Waals surface area contributed by atoms with Gasteiger partial charge in [0, 0.05) is 12.8 Å². The summed E-state index contributed by atoms with van der Waals surface area (Å²) >= 11 is 0. The second kappa shape index (κ2) is 6.68. The molecule has 0 unspecified atom stereocenters. The van der Waals surface area contributed by atoms with E-state index in [1.807, 2.05) is 0 Å². The zero-order valence-corrected chi connectivity index (χ0v) is 16.7. The third-order valence-electron chi connectivity index (χ3n) is 7.32. The Balaban J connectivity index is 0.00000182. The minimum Gasteiger partial charge on any atom is -0.354 e. The number of halogens is 1. The summed E-state index contributed by atoms with van der Waals surface area (Å²) in [6.45, 7) is 1.87. The second-order valence-corrected chi connectivity index (χ2v) is 11.4. The molecule has 0 atom stereocenters. The first-order valence-corrected chi connectivity index (χ1v) is 11.4. The lowest BCUT2D eigenvalue weighted by Crippen LogP contribution is -2.59. The topological polar surface area (TPSA) is 75.3 Å². The summed E-state index contributed by atoms with van der Waals surface area (Å²) in [6, 6.07) is 0. The van der Waals surface area contributed by atoms with E-state index >= 15 is 0 Å². The van der Waals surface area contributed by atoms with E-state index in [-0.39, 0.29) is 23.7 Å². The van der Waals surface area contributed by atoms with Crippen LogP contribution in [0.25, 0.3) is 0 Å². The molecule has 0 spiro atoms. The molecular weight excluding hydrogens is 360 g/mol. The third kappa shape index (κ3) is 3.34. The van der Waals surface area contributed by atoms with Gasteiger partial charge < -0.3 is 10.6 Å². The first-order valence-electron chi connectivity index (χ1n) is 9.51. The normalized spacial score (nSPS) is 38.8. The Morgan fingerprint density at radius 2 is 1.52 bits per heavy atom. The molecule has 0 aromatic carbocycles. The van der Waals surface area contributed by atoms with Crippen molar-refractivity contribution in [3.05, 3.63) is 0 Å². The highest BCUT2D eigenvalue weighted by molar-refractivity contribution is 7.92. The summed E-state index contributed by atoms with van der Waals surface area (Å²) < 4.78 is 23.5. The van der Waals surface area contributed by atoms with Crippen LogP contribution in [-0.4, -0.2) is 45.0 Å². The SMILES string of the molecule is CS(=O)(=O)C1(C(=O)NCC23CC4CC(CC(C4)C2)C3)CCNCC1.Cl. The van der Waals surface area contributed by atoms with Gasteiger partial charge in [-0.3, -0.25) is 4.79 Å². The van der Waals surface area contributed by atoms with Gasteiger partial charge in [-0.2, -0.15) is 0 Å². The maximum absolute atomic E-state index is 12.9. The van der Waals surface area contributed by atoms with Gasteiger partial charge in [0.1, 0.15) is 0 Å². The van der Waals surface area contributed by atoms with Crippen molar-refractivity contribution in [3.63, 3.8) is 0 Å². The van der Waals surface area contributed by atoms with Crippen molar-refractivity contribution in [2.75, 3.05) is 25.9 Å². The maximum Gasteiger partial charge on any atom is 0.241 e. The van der Waals surface area contributed by atoms with Crippen LogP contribution in [0.1, 0.15) is 51.4 Å². The highest BCUT2D eigenvalue weighted by atomic mass is 35.5. The molecule has 0 aromatic heterocycles. The first-order chi connectivity index (χ1) is 11.3. The van der Waals surface area contributed by atoms with E-state index in [0.717, 1.165) is 17.8 Å². The molecule has 5 nitrogen and oxygen atoms in total. The quantitative estimate of drug-likeness (QED) is 0.768. The standard InChI is InChI=1S/C18H30N2O3S.ClH/c1-24(22,23)18(2-4-19-5-3-18)16(21)20-12-17-9-13-6-14(10-17)8-15(7-13)11-17;/h13-15,19H,2-12H2,1H3,(H,20,21);1H. The van der Waals surface area contributed by atoms with Crippen LogP contribution in [-0.2, 0) is 14.6 Å². The van der Waals surface area contributed by atoms with Crippen LogP contribution in [0.4, 0.5) is 0 Å². The number of hydrogen-bond donors (Lipinski definition) is 2. The van der Waals surface area contributed by atoms with Gasteiger partial charge in [0.25, 0.3) is 0 Å². The van der Waals surface area contributed by atoms with Crippen molar-refractivity contribution in [3.8, 4) is 0 Å². The number of hydrogen-bond acceptors (Lipinski definition) is 4. The number of nitrogens with one attached hydrogen (secondary N) is 2. The lowest BCUT2D eigenvalue weighted by atomic mass is 9.49. The van der Waals surface area contributed by atoms with E-state index < -0.39 is 14.6 Å². The van der Waals surface area contributed by atoms with E-state index in [1.54, 1.807) is 0 Å². The maximum atomic E-state index is 12.9. The zero-order chi connectivity index (χ0) is 17.0. The van der Waals surface area contributed by atoms with Crippen LogP contribution in [0.3, 0.4) is 0 Å². The van der Waals surface area contributed by atoms with Crippen molar-refractivity contribution in [1.29, 1.82) is 0 Å². The Bertz CT molecular complexity index is 593. The van der Waals surface area contributed by atoms with Crippen LogP contribution < -0.4 is 10.6 Å². The summed E-state index contributed by atoms with van der Waals surface area (Å²) in [6.07, 6.45) is 9.83. The van der Waals surface area contributed by atoms with Crippen molar-refractivity contribution in [2.24, 2.45) is 23.2 Å². The molecule has 5 aliphatic rings. The Morgan fingerprint density at radius 3 is 1.96 bits per heavy atom. The molecule has 1 saturated heterocycles. The lowest BCUT2D eigenvalue weighted by Gasteiger charge is -2.57.